The lowest BCUT2D eigenvalue weighted by molar-refractivity contribution is -0.115. The summed E-state index contributed by atoms with van der Waals surface area (Å²) >= 11 is 5.90. The molecule has 0 fully saturated rings. The molecule has 0 saturated carbocycles. The van der Waals surface area contributed by atoms with Crippen LogP contribution in [0.4, 0.5) is 5.69 Å². The Balaban J connectivity index is 1.52. The highest BCUT2D eigenvalue weighted by Crippen LogP contribution is 2.32. The van der Waals surface area contributed by atoms with E-state index in [2.05, 4.69) is 5.32 Å². The molecule has 5 nitrogen and oxygen atoms in total. The molecule has 2 amide bonds. The van der Waals surface area contributed by atoms with Gasteiger partial charge in [0.1, 0.15) is 0 Å². The van der Waals surface area contributed by atoms with Gasteiger partial charge in [-0.3, -0.25) is 9.59 Å². The van der Waals surface area contributed by atoms with Gasteiger partial charge in [0.25, 0.3) is 11.8 Å². The molecule has 6 heteroatoms. The highest BCUT2D eigenvalue weighted by atomic mass is 35.5. The fraction of sp³-hybridized carbons (Fsp3) is 0.0833. The Kier molecular flexibility index (Phi) is 5.55. The van der Waals surface area contributed by atoms with Crippen molar-refractivity contribution in [2.75, 3.05) is 12.4 Å². The minimum atomic E-state index is -0.375. The number of anilines is 1. The van der Waals surface area contributed by atoms with E-state index in [1.807, 2.05) is 30.3 Å². The maximum Gasteiger partial charge on any atom is 0.291 e. The minimum absolute atomic E-state index is 0.140. The van der Waals surface area contributed by atoms with Gasteiger partial charge in [0.05, 0.1) is 5.69 Å². The Morgan fingerprint density at radius 3 is 2.53 bits per heavy atom. The van der Waals surface area contributed by atoms with E-state index < -0.39 is 0 Å². The van der Waals surface area contributed by atoms with E-state index in [1.54, 1.807) is 60.5 Å². The van der Waals surface area contributed by atoms with Crippen LogP contribution < -0.4 is 10.1 Å². The van der Waals surface area contributed by atoms with Crippen LogP contribution in [0.15, 0.2) is 78.6 Å². The molecule has 1 heterocycles. The predicted molar refractivity (Wildman–Crippen MR) is 117 cm³/mol. The number of fused-ring (bicyclic) bond motifs is 1. The molecule has 0 atom stereocenters. The monoisotopic (exact) mass is 418 g/mol. The van der Waals surface area contributed by atoms with Gasteiger partial charge >= 0.3 is 0 Å². The number of carbonyl (C=O) groups excluding carboxylic acids is 2. The summed E-state index contributed by atoms with van der Waals surface area (Å²) in [6.45, 7) is 0.494. The summed E-state index contributed by atoms with van der Waals surface area (Å²) < 4.78 is 5.76. The SMILES string of the molecule is CN(Cc1ccccc1)C(=O)c1ccc2c(c1)NC(=O)/C(=C/c1ccc(Cl)cc1)O2. The summed E-state index contributed by atoms with van der Waals surface area (Å²) in [7, 11) is 1.75. The van der Waals surface area contributed by atoms with Crippen molar-refractivity contribution in [3.63, 3.8) is 0 Å². The van der Waals surface area contributed by atoms with Gasteiger partial charge in [-0.1, -0.05) is 54.1 Å². The normalized spacial score (nSPS) is 13.9. The third-order valence-corrected chi connectivity index (χ3v) is 4.95. The van der Waals surface area contributed by atoms with Crippen molar-refractivity contribution in [2.24, 2.45) is 0 Å². The average molecular weight is 419 g/mol. The van der Waals surface area contributed by atoms with Gasteiger partial charge in [-0.2, -0.15) is 0 Å². The number of halogens is 1. The maximum absolute atomic E-state index is 12.8. The molecule has 0 radical (unpaired) electrons. The molecular formula is C24H19ClN2O3. The summed E-state index contributed by atoms with van der Waals surface area (Å²) in [5.74, 6) is 0.139. The first kappa shape index (κ1) is 19.7. The number of rotatable bonds is 4. The summed E-state index contributed by atoms with van der Waals surface area (Å²) in [6, 6.07) is 21.9. The van der Waals surface area contributed by atoms with Crippen molar-refractivity contribution in [3.05, 3.63) is 100 Å². The molecule has 0 bridgehead atoms. The van der Waals surface area contributed by atoms with E-state index in [0.717, 1.165) is 11.1 Å². The first-order valence-corrected chi connectivity index (χ1v) is 9.77. The Labute approximate surface area is 179 Å². The highest BCUT2D eigenvalue weighted by molar-refractivity contribution is 6.30. The van der Waals surface area contributed by atoms with Crippen molar-refractivity contribution < 1.29 is 14.3 Å². The molecule has 0 aliphatic carbocycles. The minimum Gasteiger partial charge on any atom is -0.449 e. The standard InChI is InChI=1S/C24H19ClN2O3/c1-27(15-17-5-3-2-4-6-17)24(29)18-9-12-21-20(14-18)26-23(28)22(30-21)13-16-7-10-19(25)11-8-16/h2-14H,15H2,1H3,(H,26,28)/b22-13-. The van der Waals surface area contributed by atoms with Gasteiger partial charge in [0, 0.05) is 24.2 Å². The topological polar surface area (TPSA) is 58.6 Å². The lowest BCUT2D eigenvalue weighted by atomic mass is 10.1. The van der Waals surface area contributed by atoms with Crippen LogP contribution in [-0.4, -0.2) is 23.8 Å². The Morgan fingerprint density at radius 1 is 1.07 bits per heavy atom. The molecule has 0 spiro atoms. The first-order chi connectivity index (χ1) is 14.5. The lowest BCUT2D eigenvalue weighted by Crippen LogP contribution is -2.27. The van der Waals surface area contributed by atoms with Gasteiger partial charge in [-0.15, -0.1) is 0 Å². The summed E-state index contributed by atoms with van der Waals surface area (Å²) in [5.41, 5.74) is 2.77. The molecule has 0 unspecified atom stereocenters. The van der Waals surface area contributed by atoms with Crippen LogP contribution in [0.25, 0.3) is 6.08 Å². The molecule has 0 aromatic heterocycles. The molecular weight excluding hydrogens is 400 g/mol. The van der Waals surface area contributed by atoms with Crippen LogP contribution in [0.5, 0.6) is 5.75 Å². The zero-order chi connectivity index (χ0) is 21.1. The number of amides is 2. The maximum atomic E-state index is 12.8. The van der Waals surface area contributed by atoms with Crippen molar-refractivity contribution in [3.8, 4) is 5.75 Å². The van der Waals surface area contributed by atoms with Crippen molar-refractivity contribution in [1.29, 1.82) is 0 Å². The van der Waals surface area contributed by atoms with Crippen molar-refractivity contribution in [2.45, 2.75) is 6.54 Å². The number of benzene rings is 3. The average Bonchev–Trinajstić information content (AvgIpc) is 2.75. The number of nitrogens with one attached hydrogen (secondary N) is 1. The summed E-state index contributed by atoms with van der Waals surface area (Å²) in [6.07, 6.45) is 1.64. The van der Waals surface area contributed by atoms with Crippen LogP contribution in [0, 0.1) is 0 Å². The van der Waals surface area contributed by atoms with E-state index in [0.29, 0.717) is 28.6 Å². The number of nitrogens with zero attached hydrogens (tertiary/aromatic N) is 1. The van der Waals surface area contributed by atoms with Crippen LogP contribution in [0.3, 0.4) is 0 Å². The molecule has 4 rings (SSSR count). The third kappa shape index (κ3) is 4.36. The molecule has 1 aliphatic heterocycles. The smallest absolute Gasteiger partial charge is 0.291 e. The largest absolute Gasteiger partial charge is 0.449 e. The molecule has 3 aromatic carbocycles. The second-order valence-electron chi connectivity index (χ2n) is 6.97. The fourth-order valence-corrected chi connectivity index (χ4v) is 3.28. The van der Waals surface area contributed by atoms with Crippen LogP contribution >= 0.6 is 11.6 Å². The van der Waals surface area contributed by atoms with Crippen LogP contribution in [0.1, 0.15) is 21.5 Å². The number of hydrogen-bond acceptors (Lipinski definition) is 3. The third-order valence-electron chi connectivity index (χ3n) is 4.70. The van der Waals surface area contributed by atoms with Gasteiger partial charge in [-0.05, 0) is 47.5 Å². The highest BCUT2D eigenvalue weighted by Gasteiger charge is 2.24. The van der Waals surface area contributed by atoms with Crippen molar-refractivity contribution >= 4 is 35.2 Å². The Bertz CT molecular complexity index is 1120. The van der Waals surface area contributed by atoms with E-state index in [9.17, 15) is 9.59 Å². The number of hydrogen-bond donors (Lipinski definition) is 1. The molecule has 0 saturated heterocycles. The number of ether oxygens (including phenoxy) is 1. The zero-order valence-electron chi connectivity index (χ0n) is 16.3. The fourth-order valence-electron chi connectivity index (χ4n) is 3.15. The summed E-state index contributed by atoms with van der Waals surface area (Å²) in [5, 5.41) is 3.41. The Hall–Kier alpha value is -3.57. The van der Waals surface area contributed by atoms with Crippen molar-refractivity contribution in [1.82, 2.24) is 4.90 Å². The van der Waals surface area contributed by atoms with E-state index in [4.69, 9.17) is 16.3 Å². The van der Waals surface area contributed by atoms with Crippen LogP contribution in [0.2, 0.25) is 5.02 Å². The molecule has 30 heavy (non-hydrogen) atoms. The molecule has 1 N–H and O–H groups in total. The van der Waals surface area contributed by atoms with Gasteiger partial charge in [0.15, 0.2) is 11.5 Å². The second kappa shape index (κ2) is 8.43. The molecule has 3 aromatic rings. The van der Waals surface area contributed by atoms with E-state index in [-0.39, 0.29) is 17.6 Å². The van der Waals surface area contributed by atoms with Gasteiger partial charge in [0.2, 0.25) is 0 Å². The van der Waals surface area contributed by atoms with Crippen LogP contribution in [-0.2, 0) is 11.3 Å². The second-order valence-corrected chi connectivity index (χ2v) is 7.41. The number of carbonyl (C=O) groups is 2. The van der Waals surface area contributed by atoms with Gasteiger partial charge in [-0.25, -0.2) is 0 Å². The first-order valence-electron chi connectivity index (χ1n) is 9.39. The quantitative estimate of drug-likeness (QED) is 0.607. The summed E-state index contributed by atoms with van der Waals surface area (Å²) in [4.78, 5) is 26.9. The zero-order valence-corrected chi connectivity index (χ0v) is 17.0. The predicted octanol–water partition coefficient (Wildman–Crippen LogP) is 4.98. The molecule has 150 valence electrons. The van der Waals surface area contributed by atoms with E-state index >= 15 is 0 Å². The van der Waals surface area contributed by atoms with E-state index in [1.165, 1.54) is 0 Å². The molecule has 1 aliphatic rings. The Morgan fingerprint density at radius 2 is 1.80 bits per heavy atom. The lowest BCUT2D eigenvalue weighted by Gasteiger charge is -2.22. The van der Waals surface area contributed by atoms with Gasteiger partial charge < -0.3 is 15.0 Å².